The van der Waals surface area contributed by atoms with Crippen LogP contribution in [-0.2, 0) is 16.1 Å². The Morgan fingerprint density at radius 3 is 2.57 bits per heavy atom. The third-order valence-corrected chi connectivity index (χ3v) is 5.66. The van der Waals surface area contributed by atoms with Crippen LogP contribution in [0.5, 0.6) is 0 Å². The normalized spacial score (nSPS) is 20.5. The number of carbonyl (C=O) groups is 2. The molecule has 0 aliphatic carbocycles. The predicted molar refractivity (Wildman–Crippen MR) is 100 cm³/mol. The van der Waals surface area contributed by atoms with E-state index in [4.69, 9.17) is 5.11 Å². The first-order chi connectivity index (χ1) is 13.4. The number of fused-ring (bicyclic) bond motifs is 4. The molecule has 2 aliphatic rings. The zero-order chi connectivity index (χ0) is 19.8. The van der Waals surface area contributed by atoms with E-state index in [1.54, 1.807) is 33.7 Å². The first-order valence-electron chi connectivity index (χ1n) is 9.42. The lowest BCUT2D eigenvalue weighted by Crippen LogP contribution is -2.49. The Hall–Kier alpha value is -2.96. The number of piperidine rings is 1. The molecule has 4 rings (SSSR count). The van der Waals surface area contributed by atoms with Crippen molar-refractivity contribution in [2.24, 2.45) is 5.92 Å². The van der Waals surface area contributed by atoms with Gasteiger partial charge in [-0.25, -0.2) is 4.39 Å². The van der Waals surface area contributed by atoms with Gasteiger partial charge in [-0.05, 0) is 24.5 Å². The molecular formula is C21H21FN2O4. The average molecular weight is 384 g/mol. The molecule has 2 aliphatic heterocycles. The van der Waals surface area contributed by atoms with Gasteiger partial charge in [0, 0.05) is 54.9 Å². The number of rotatable bonds is 4. The molecule has 0 spiro atoms. The molecule has 2 bridgehead atoms. The van der Waals surface area contributed by atoms with E-state index >= 15 is 0 Å². The molecule has 3 heterocycles. The van der Waals surface area contributed by atoms with Gasteiger partial charge in [0.2, 0.25) is 5.91 Å². The molecule has 1 amide bonds. The van der Waals surface area contributed by atoms with E-state index in [2.05, 4.69) is 0 Å². The zero-order valence-corrected chi connectivity index (χ0v) is 15.3. The van der Waals surface area contributed by atoms with Gasteiger partial charge in [-0.15, -0.1) is 0 Å². The van der Waals surface area contributed by atoms with Gasteiger partial charge in [0.25, 0.3) is 5.56 Å². The Morgan fingerprint density at radius 2 is 1.82 bits per heavy atom. The summed E-state index contributed by atoms with van der Waals surface area (Å²) in [6.45, 7) is 1.42. The Balaban J connectivity index is 1.71. The lowest BCUT2D eigenvalue weighted by molar-refractivity contribution is -0.141. The number of carbonyl (C=O) groups excluding carboxylic acids is 1. The zero-order valence-electron chi connectivity index (χ0n) is 15.3. The minimum absolute atomic E-state index is 0.0312. The van der Waals surface area contributed by atoms with Crippen LogP contribution in [0.3, 0.4) is 0 Å². The summed E-state index contributed by atoms with van der Waals surface area (Å²) in [4.78, 5) is 37.4. The number of pyridine rings is 1. The van der Waals surface area contributed by atoms with Crippen LogP contribution in [0.25, 0.3) is 11.1 Å². The molecule has 0 unspecified atom stereocenters. The molecule has 1 fully saturated rings. The van der Waals surface area contributed by atoms with Crippen LogP contribution in [0.15, 0.2) is 41.2 Å². The molecule has 1 N–H and O–H groups in total. The summed E-state index contributed by atoms with van der Waals surface area (Å²) in [7, 11) is 0. The van der Waals surface area contributed by atoms with Crippen LogP contribution in [0.2, 0.25) is 0 Å². The van der Waals surface area contributed by atoms with Crippen molar-refractivity contribution >= 4 is 11.9 Å². The lowest BCUT2D eigenvalue weighted by Gasteiger charge is -2.43. The smallest absolute Gasteiger partial charge is 0.303 e. The maximum atomic E-state index is 14.4. The van der Waals surface area contributed by atoms with Crippen LogP contribution < -0.4 is 5.56 Å². The van der Waals surface area contributed by atoms with Crippen LogP contribution in [-0.4, -0.2) is 39.5 Å². The Morgan fingerprint density at radius 1 is 1.04 bits per heavy atom. The molecule has 0 radical (unpaired) electrons. The number of amides is 1. The Kier molecular flexibility index (Phi) is 4.75. The van der Waals surface area contributed by atoms with Crippen molar-refractivity contribution in [2.45, 2.75) is 31.7 Å². The Labute approximate surface area is 161 Å². The van der Waals surface area contributed by atoms with Gasteiger partial charge in [-0.2, -0.15) is 0 Å². The molecule has 1 aromatic carbocycles. The van der Waals surface area contributed by atoms with Gasteiger partial charge >= 0.3 is 5.97 Å². The van der Waals surface area contributed by atoms with Crippen molar-refractivity contribution in [3.8, 4) is 11.1 Å². The SMILES string of the molecule is O=C(O)CCC(=O)N1C[C@@H]2C[C@@H](C1)c1c(-c3ccccc3F)ccc(=O)n1C2. The molecule has 2 aromatic rings. The molecule has 146 valence electrons. The second kappa shape index (κ2) is 7.22. The summed E-state index contributed by atoms with van der Waals surface area (Å²) in [5.41, 5.74) is 1.78. The first-order valence-corrected chi connectivity index (χ1v) is 9.42. The summed E-state index contributed by atoms with van der Waals surface area (Å²) in [6, 6.07) is 9.61. The predicted octanol–water partition coefficient (Wildman–Crippen LogP) is 2.46. The van der Waals surface area contributed by atoms with Crippen LogP contribution >= 0.6 is 0 Å². The topological polar surface area (TPSA) is 79.6 Å². The molecule has 0 saturated carbocycles. The van der Waals surface area contributed by atoms with Crippen LogP contribution in [0, 0.1) is 11.7 Å². The molecule has 6 nitrogen and oxygen atoms in total. The number of aliphatic carboxylic acids is 1. The minimum atomic E-state index is -0.996. The largest absolute Gasteiger partial charge is 0.481 e. The number of hydrogen-bond donors (Lipinski definition) is 1. The maximum Gasteiger partial charge on any atom is 0.303 e. The first kappa shape index (κ1) is 18.4. The van der Waals surface area contributed by atoms with Gasteiger partial charge in [0.1, 0.15) is 5.82 Å². The van der Waals surface area contributed by atoms with E-state index in [1.165, 1.54) is 12.1 Å². The maximum absolute atomic E-state index is 14.4. The van der Waals surface area contributed by atoms with Gasteiger partial charge in [-0.1, -0.05) is 18.2 Å². The molecule has 28 heavy (non-hydrogen) atoms. The van der Waals surface area contributed by atoms with Crippen LogP contribution in [0.1, 0.15) is 30.9 Å². The van der Waals surface area contributed by atoms with Gasteiger partial charge in [-0.3, -0.25) is 14.4 Å². The number of nitrogens with zero attached hydrogens (tertiary/aromatic N) is 2. The van der Waals surface area contributed by atoms with E-state index in [9.17, 15) is 18.8 Å². The lowest BCUT2D eigenvalue weighted by atomic mass is 9.80. The molecule has 1 saturated heterocycles. The van der Waals surface area contributed by atoms with Gasteiger partial charge in [0.15, 0.2) is 0 Å². The highest BCUT2D eigenvalue weighted by Gasteiger charge is 2.38. The fraction of sp³-hybridized carbons (Fsp3) is 0.381. The van der Waals surface area contributed by atoms with E-state index in [0.29, 0.717) is 30.8 Å². The van der Waals surface area contributed by atoms with Crippen molar-refractivity contribution in [1.29, 1.82) is 0 Å². The highest BCUT2D eigenvalue weighted by atomic mass is 19.1. The minimum Gasteiger partial charge on any atom is -0.481 e. The standard InChI is InChI=1S/C21H21FN2O4/c22-17-4-2-1-3-15(17)16-5-6-19(26)24-11-13-9-14(21(16)24)12-23(10-13)18(25)7-8-20(27)28/h1-6,13-14H,7-12H2,(H,27,28)/t13-,14-/m0/s1. The summed E-state index contributed by atoms with van der Waals surface area (Å²) in [5.74, 6) is -1.48. The summed E-state index contributed by atoms with van der Waals surface area (Å²) >= 11 is 0. The van der Waals surface area contributed by atoms with E-state index in [1.807, 2.05) is 0 Å². The van der Waals surface area contributed by atoms with Gasteiger partial charge < -0.3 is 14.6 Å². The number of aromatic nitrogens is 1. The number of likely N-dealkylation sites (tertiary alicyclic amines) is 1. The quantitative estimate of drug-likeness (QED) is 0.878. The number of carboxylic acids is 1. The van der Waals surface area contributed by atoms with Crippen molar-refractivity contribution in [1.82, 2.24) is 9.47 Å². The summed E-state index contributed by atoms with van der Waals surface area (Å²) < 4.78 is 16.2. The molecule has 1 aromatic heterocycles. The van der Waals surface area contributed by atoms with E-state index in [0.717, 1.165) is 12.1 Å². The van der Waals surface area contributed by atoms with Crippen molar-refractivity contribution < 1.29 is 19.1 Å². The highest BCUT2D eigenvalue weighted by molar-refractivity contribution is 5.81. The van der Waals surface area contributed by atoms with Crippen LogP contribution in [0.4, 0.5) is 4.39 Å². The fourth-order valence-electron chi connectivity index (χ4n) is 4.50. The third-order valence-electron chi connectivity index (χ3n) is 5.66. The molecule has 2 atom stereocenters. The molecule has 7 heteroatoms. The second-order valence-corrected chi connectivity index (χ2v) is 7.55. The molecular weight excluding hydrogens is 363 g/mol. The monoisotopic (exact) mass is 384 g/mol. The van der Waals surface area contributed by atoms with Gasteiger partial charge in [0.05, 0.1) is 6.42 Å². The number of halogens is 1. The summed E-state index contributed by atoms with van der Waals surface area (Å²) in [5, 5.41) is 8.83. The number of benzene rings is 1. The van der Waals surface area contributed by atoms with Crippen molar-refractivity contribution in [2.75, 3.05) is 13.1 Å². The number of carboxylic acid groups (broad SMARTS) is 1. The average Bonchev–Trinajstić information content (AvgIpc) is 2.67. The number of hydrogen-bond acceptors (Lipinski definition) is 3. The van der Waals surface area contributed by atoms with Crippen molar-refractivity contribution in [3.63, 3.8) is 0 Å². The fourth-order valence-corrected chi connectivity index (χ4v) is 4.50. The Bertz CT molecular complexity index is 1000. The van der Waals surface area contributed by atoms with Crippen molar-refractivity contribution in [3.05, 3.63) is 58.3 Å². The third kappa shape index (κ3) is 3.32. The van der Waals surface area contributed by atoms with E-state index in [-0.39, 0.29) is 42.0 Å². The highest BCUT2D eigenvalue weighted by Crippen LogP contribution is 2.40. The second-order valence-electron chi connectivity index (χ2n) is 7.55. The van der Waals surface area contributed by atoms with E-state index < -0.39 is 5.97 Å². The summed E-state index contributed by atoms with van der Waals surface area (Å²) in [6.07, 6.45) is 0.603.